The number of carbonyl (C=O) groups excluding carboxylic acids is 1. The molecule has 0 unspecified atom stereocenters. The second kappa shape index (κ2) is 3.94. The highest BCUT2D eigenvalue weighted by molar-refractivity contribution is 5.89. The van der Waals surface area contributed by atoms with Gasteiger partial charge in [0.05, 0.1) is 18.4 Å². The van der Waals surface area contributed by atoms with Crippen LogP contribution in [0, 0.1) is 23.7 Å². The van der Waals surface area contributed by atoms with E-state index in [0.29, 0.717) is 13.0 Å². The summed E-state index contributed by atoms with van der Waals surface area (Å²) in [6.07, 6.45) is 0.459. The van der Waals surface area contributed by atoms with Gasteiger partial charge in [0.15, 0.2) is 0 Å². The van der Waals surface area contributed by atoms with Crippen LogP contribution in [0.4, 0.5) is 0 Å². The van der Waals surface area contributed by atoms with Gasteiger partial charge >= 0.3 is 5.97 Å². The van der Waals surface area contributed by atoms with Crippen LogP contribution >= 0.6 is 0 Å². The van der Waals surface area contributed by atoms with E-state index in [1.54, 1.807) is 6.92 Å². The molecule has 0 heterocycles. The minimum absolute atomic E-state index is 0.199. The van der Waals surface area contributed by atoms with Crippen LogP contribution < -0.4 is 5.32 Å². The van der Waals surface area contributed by atoms with Gasteiger partial charge in [-0.1, -0.05) is 5.92 Å². The molecular weight excluding hydrogens is 170 g/mol. The maximum Gasteiger partial charge on any atom is 0.307 e. The molecule has 4 nitrogen and oxygen atoms in total. The molecule has 2 N–H and O–H groups in total. The number of hydrogen-bond donors (Lipinski definition) is 2. The summed E-state index contributed by atoms with van der Waals surface area (Å²) in [5.74, 6) is 3.41. The molecule has 2 atom stereocenters. The van der Waals surface area contributed by atoms with E-state index < -0.39 is 11.9 Å². The number of carboxylic acid groups (broad SMARTS) is 1. The van der Waals surface area contributed by atoms with Gasteiger partial charge in [-0.25, -0.2) is 0 Å². The van der Waals surface area contributed by atoms with E-state index in [0.717, 1.165) is 0 Å². The average Bonchev–Trinajstić information content (AvgIpc) is 2.83. The number of aliphatic carboxylic acids is 1. The number of carboxylic acids is 1. The minimum Gasteiger partial charge on any atom is -0.481 e. The third kappa shape index (κ3) is 2.48. The van der Waals surface area contributed by atoms with Crippen LogP contribution in [0.5, 0.6) is 0 Å². The predicted octanol–water partition coefficient (Wildman–Crippen LogP) is -0.153. The van der Waals surface area contributed by atoms with Crippen LogP contribution in [0.15, 0.2) is 0 Å². The summed E-state index contributed by atoms with van der Waals surface area (Å²) in [6, 6.07) is 0. The second-order valence-corrected chi connectivity index (χ2v) is 2.93. The van der Waals surface area contributed by atoms with Crippen molar-refractivity contribution < 1.29 is 14.7 Å². The fourth-order valence-corrected chi connectivity index (χ4v) is 1.11. The van der Waals surface area contributed by atoms with Crippen molar-refractivity contribution >= 4 is 11.9 Å². The van der Waals surface area contributed by atoms with Crippen LogP contribution in [0.1, 0.15) is 13.3 Å². The number of carbonyl (C=O) groups is 2. The quantitative estimate of drug-likeness (QED) is 0.595. The van der Waals surface area contributed by atoms with Crippen LogP contribution in [0.25, 0.3) is 0 Å². The number of hydrogen-bond acceptors (Lipinski definition) is 2. The Hall–Kier alpha value is -1.50. The van der Waals surface area contributed by atoms with Gasteiger partial charge in [0, 0.05) is 0 Å². The Morgan fingerprint density at radius 1 is 1.54 bits per heavy atom. The van der Waals surface area contributed by atoms with E-state index in [1.165, 1.54) is 0 Å². The molecule has 70 valence electrons. The lowest BCUT2D eigenvalue weighted by Crippen LogP contribution is -2.26. The zero-order chi connectivity index (χ0) is 9.84. The van der Waals surface area contributed by atoms with Gasteiger partial charge in [0.25, 0.3) is 0 Å². The molecule has 1 saturated carbocycles. The van der Waals surface area contributed by atoms with Gasteiger partial charge in [0.1, 0.15) is 0 Å². The SMILES string of the molecule is CC#CCNC(=O)[C@@H]1C[C@@H]1C(=O)O. The van der Waals surface area contributed by atoms with Gasteiger partial charge < -0.3 is 10.4 Å². The molecule has 0 aromatic carbocycles. The van der Waals surface area contributed by atoms with Gasteiger partial charge in [-0.15, -0.1) is 5.92 Å². The molecule has 4 heteroatoms. The van der Waals surface area contributed by atoms with E-state index in [2.05, 4.69) is 17.2 Å². The van der Waals surface area contributed by atoms with Crippen molar-refractivity contribution in [1.29, 1.82) is 0 Å². The van der Waals surface area contributed by atoms with Crippen molar-refractivity contribution in [1.82, 2.24) is 5.32 Å². The number of nitrogens with one attached hydrogen (secondary N) is 1. The van der Waals surface area contributed by atoms with Crippen molar-refractivity contribution in [3.63, 3.8) is 0 Å². The Balaban J connectivity index is 2.26. The molecule has 0 spiro atoms. The molecule has 1 fully saturated rings. The third-order valence-electron chi connectivity index (χ3n) is 1.97. The van der Waals surface area contributed by atoms with Gasteiger partial charge in [-0.2, -0.15) is 0 Å². The molecule has 1 aliphatic rings. The molecule has 13 heavy (non-hydrogen) atoms. The summed E-state index contributed by atoms with van der Waals surface area (Å²) < 4.78 is 0. The van der Waals surface area contributed by atoms with E-state index in [1.807, 2.05) is 0 Å². The molecule has 0 aliphatic heterocycles. The maximum absolute atomic E-state index is 11.2. The Morgan fingerprint density at radius 3 is 2.69 bits per heavy atom. The standard InChI is InChI=1S/C9H11NO3/c1-2-3-4-10-8(11)6-5-7(6)9(12)13/h6-7H,4-5H2,1H3,(H,10,11)(H,12,13)/t6-,7+/m1/s1. The highest BCUT2D eigenvalue weighted by Crippen LogP contribution is 2.38. The lowest BCUT2D eigenvalue weighted by Gasteiger charge is -1.97. The smallest absolute Gasteiger partial charge is 0.307 e. The zero-order valence-electron chi connectivity index (χ0n) is 7.33. The van der Waals surface area contributed by atoms with Crippen LogP contribution in [-0.4, -0.2) is 23.5 Å². The summed E-state index contributed by atoms with van der Waals surface area (Å²) in [5.41, 5.74) is 0. The van der Waals surface area contributed by atoms with Crippen LogP contribution in [0.2, 0.25) is 0 Å². The monoisotopic (exact) mass is 181 g/mol. The molecule has 0 radical (unpaired) electrons. The first-order valence-electron chi connectivity index (χ1n) is 4.07. The largest absolute Gasteiger partial charge is 0.481 e. The van der Waals surface area contributed by atoms with Gasteiger partial charge in [-0.05, 0) is 13.3 Å². The lowest BCUT2D eigenvalue weighted by atomic mass is 10.3. The molecule has 0 aromatic rings. The van der Waals surface area contributed by atoms with Crippen LogP contribution in [-0.2, 0) is 9.59 Å². The molecule has 1 rings (SSSR count). The highest BCUT2D eigenvalue weighted by atomic mass is 16.4. The summed E-state index contributed by atoms with van der Waals surface area (Å²) >= 11 is 0. The topological polar surface area (TPSA) is 66.4 Å². The minimum atomic E-state index is -0.887. The molecule has 1 aliphatic carbocycles. The van der Waals surface area contributed by atoms with Crippen molar-refractivity contribution in [2.75, 3.05) is 6.54 Å². The Labute approximate surface area is 76.3 Å². The summed E-state index contributed by atoms with van der Waals surface area (Å²) in [4.78, 5) is 21.6. The zero-order valence-corrected chi connectivity index (χ0v) is 7.33. The van der Waals surface area contributed by atoms with E-state index in [9.17, 15) is 9.59 Å². The predicted molar refractivity (Wildman–Crippen MR) is 45.7 cm³/mol. The van der Waals surface area contributed by atoms with Gasteiger partial charge in [0.2, 0.25) is 5.91 Å². The summed E-state index contributed by atoms with van der Waals surface area (Å²) in [7, 11) is 0. The fraction of sp³-hybridized carbons (Fsp3) is 0.556. The van der Waals surface area contributed by atoms with Crippen molar-refractivity contribution in [2.45, 2.75) is 13.3 Å². The molecular formula is C9H11NO3. The fourth-order valence-electron chi connectivity index (χ4n) is 1.11. The summed E-state index contributed by atoms with van der Waals surface area (Å²) in [6.45, 7) is 1.99. The number of amides is 1. The normalized spacial score (nSPS) is 24.1. The molecule has 1 amide bonds. The molecule has 0 saturated heterocycles. The first-order valence-corrected chi connectivity index (χ1v) is 4.07. The van der Waals surface area contributed by atoms with Crippen molar-refractivity contribution in [2.24, 2.45) is 11.8 Å². The van der Waals surface area contributed by atoms with E-state index in [-0.39, 0.29) is 11.8 Å². The van der Waals surface area contributed by atoms with E-state index >= 15 is 0 Å². The highest BCUT2D eigenvalue weighted by Gasteiger charge is 2.48. The molecule has 0 aromatic heterocycles. The Bertz CT molecular complexity index is 287. The average molecular weight is 181 g/mol. The second-order valence-electron chi connectivity index (χ2n) is 2.93. The maximum atomic E-state index is 11.2. The Kier molecular flexibility index (Phi) is 2.91. The van der Waals surface area contributed by atoms with Crippen molar-refractivity contribution in [3.8, 4) is 11.8 Å². The van der Waals surface area contributed by atoms with Gasteiger partial charge in [-0.3, -0.25) is 9.59 Å². The molecule has 0 bridgehead atoms. The summed E-state index contributed by atoms with van der Waals surface area (Å²) in [5, 5.41) is 11.1. The number of rotatable bonds is 3. The lowest BCUT2D eigenvalue weighted by molar-refractivity contribution is -0.140. The third-order valence-corrected chi connectivity index (χ3v) is 1.97. The first kappa shape index (κ1) is 9.59. The van der Waals surface area contributed by atoms with E-state index in [4.69, 9.17) is 5.11 Å². The van der Waals surface area contributed by atoms with Crippen LogP contribution in [0.3, 0.4) is 0 Å². The van der Waals surface area contributed by atoms with Crippen molar-refractivity contribution in [3.05, 3.63) is 0 Å². The first-order chi connectivity index (χ1) is 6.16. The Morgan fingerprint density at radius 2 is 2.23 bits per heavy atom.